The molecule has 27 heavy (non-hydrogen) atoms. The van der Waals surface area contributed by atoms with Crippen LogP contribution in [-0.2, 0) is 7.05 Å². The van der Waals surface area contributed by atoms with Crippen LogP contribution in [0, 0.1) is 0 Å². The van der Waals surface area contributed by atoms with E-state index in [-0.39, 0.29) is 10.6 Å². The van der Waals surface area contributed by atoms with Gasteiger partial charge in [0.25, 0.3) is 5.56 Å². The molecule has 1 aromatic carbocycles. The molecular formula is C19H25ClN4O3. The molecule has 0 atom stereocenters. The standard InChI is InChI=1S/C19H25ClN4O3/c1-4-5-6-7-10-27-16-9-8-14(11-17(16)26-3)12-21-23-15-13-22-24(2)19(25)18(15)20/h8-9,11-13,23H,4-7,10H2,1-3H3/b21-12-. The van der Waals surface area contributed by atoms with Crippen LogP contribution in [0.2, 0.25) is 5.02 Å². The Bertz CT molecular complexity index is 836. The van der Waals surface area contributed by atoms with Crippen molar-refractivity contribution in [1.82, 2.24) is 9.78 Å². The molecule has 8 heteroatoms. The number of aromatic nitrogens is 2. The number of halogens is 1. The molecule has 0 radical (unpaired) electrons. The van der Waals surface area contributed by atoms with E-state index in [9.17, 15) is 4.79 Å². The van der Waals surface area contributed by atoms with Gasteiger partial charge < -0.3 is 9.47 Å². The minimum absolute atomic E-state index is 0.0362. The number of benzene rings is 1. The highest BCUT2D eigenvalue weighted by Gasteiger charge is 2.07. The molecule has 1 N–H and O–H groups in total. The summed E-state index contributed by atoms with van der Waals surface area (Å²) in [6, 6.07) is 5.56. The van der Waals surface area contributed by atoms with E-state index < -0.39 is 0 Å². The lowest BCUT2D eigenvalue weighted by atomic mass is 10.2. The molecule has 2 aromatic rings. The zero-order valence-electron chi connectivity index (χ0n) is 15.9. The van der Waals surface area contributed by atoms with Gasteiger partial charge in [-0.1, -0.05) is 37.8 Å². The van der Waals surface area contributed by atoms with Crippen LogP contribution in [0.5, 0.6) is 11.5 Å². The molecule has 0 amide bonds. The van der Waals surface area contributed by atoms with E-state index in [4.69, 9.17) is 21.1 Å². The summed E-state index contributed by atoms with van der Waals surface area (Å²) in [7, 11) is 3.13. The number of ether oxygens (including phenoxy) is 2. The normalized spacial score (nSPS) is 11.0. The topological polar surface area (TPSA) is 77.7 Å². The van der Waals surface area contributed by atoms with Crippen LogP contribution in [0.15, 0.2) is 34.3 Å². The number of aryl methyl sites for hydroxylation is 1. The zero-order chi connectivity index (χ0) is 19.6. The third-order valence-electron chi connectivity index (χ3n) is 3.92. The average molecular weight is 393 g/mol. The third kappa shape index (κ3) is 5.99. The second kappa shape index (κ2) is 10.6. The summed E-state index contributed by atoms with van der Waals surface area (Å²) < 4.78 is 12.3. The summed E-state index contributed by atoms with van der Waals surface area (Å²) in [6.07, 6.45) is 7.64. The summed E-state index contributed by atoms with van der Waals surface area (Å²) in [5.74, 6) is 1.35. The Kier molecular flexibility index (Phi) is 8.13. The highest BCUT2D eigenvalue weighted by atomic mass is 35.5. The minimum Gasteiger partial charge on any atom is -0.493 e. The number of hydrogen-bond donors (Lipinski definition) is 1. The number of anilines is 1. The Hall–Kier alpha value is -2.54. The fourth-order valence-electron chi connectivity index (χ4n) is 2.36. The monoisotopic (exact) mass is 392 g/mol. The number of rotatable bonds is 10. The molecule has 1 heterocycles. The van der Waals surface area contributed by atoms with Gasteiger partial charge in [0.2, 0.25) is 0 Å². The van der Waals surface area contributed by atoms with Gasteiger partial charge in [-0.25, -0.2) is 4.68 Å². The van der Waals surface area contributed by atoms with Crippen molar-refractivity contribution < 1.29 is 9.47 Å². The van der Waals surface area contributed by atoms with Gasteiger partial charge in [-0.05, 0) is 30.2 Å². The Labute approximate surface area is 163 Å². The minimum atomic E-state index is -0.390. The molecule has 0 spiro atoms. The van der Waals surface area contributed by atoms with Crippen molar-refractivity contribution in [2.45, 2.75) is 32.6 Å². The summed E-state index contributed by atoms with van der Waals surface area (Å²) >= 11 is 5.98. The van der Waals surface area contributed by atoms with Crippen molar-refractivity contribution in [1.29, 1.82) is 0 Å². The molecule has 0 bridgehead atoms. The lowest BCUT2D eigenvalue weighted by molar-refractivity contribution is 0.285. The van der Waals surface area contributed by atoms with Crippen molar-refractivity contribution in [3.05, 3.63) is 45.3 Å². The molecule has 146 valence electrons. The molecule has 0 unspecified atom stereocenters. The number of unbranched alkanes of at least 4 members (excludes halogenated alkanes) is 3. The van der Waals surface area contributed by atoms with Crippen molar-refractivity contribution in [2.75, 3.05) is 19.1 Å². The predicted octanol–water partition coefficient (Wildman–Crippen LogP) is 3.85. The molecular weight excluding hydrogens is 368 g/mol. The lowest BCUT2D eigenvalue weighted by Gasteiger charge is -2.11. The molecule has 1 aromatic heterocycles. The smallest absolute Gasteiger partial charge is 0.287 e. The molecule has 2 rings (SSSR count). The number of nitrogens with one attached hydrogen (secondary N) is 1. The Morgan fingerprint density at radius 3 is 2.85 bits per heavy atom. The number of hydrazone groups is 1. The second-order valence-electron chi connectivity index (χ2n) is 5.99. The van der Waals surface area contributed by atoms with Gasteiger partial charge in [0, 0.05) is 7.05 Å². The summed E-state index contributed by atoms with van der Waals surface area (Å²) in [5.41, 5.74) is 3.49. The van der Waals surface area contributed by atoms with E-state index >= 15 is 0 Å². The van der Waals surface area contributed by atoms with Gasteiger partial charge in [0.1, 0.15) is 10.7 Å². The quantitative estimate of drug-likeness (QED) is 0.377. The zero-order valence-corrected chi connectivity index (χ0v) is 16.6. The Morgan fingerprint density at radius 1 is 1.30 bits per heavy atom. The first-order valence-corrected chi connectivity index (χ1v) is 9.26. The van der Waals surface area contributed by atoms with Crippen LogP contribution in [0.25, 0.3) is 0 Å². The Balaban J connectivity index is 1.99. The lowest BCUT2D eigenvalue weighted by Crippen LogP contribution is -2.20. The molecule has 0 aliphatic carbocycles. The average Bonchev–Trinajstić information content (AvgIpc) is 2.68. The van der Waals surface area contributed by atoms with Crippen LogP contribution in [0.1, 0.15) is 38.2 Å². The van der Waals surface area contributed by atoms with Crippen molar-refractivity contribution >= 4 is 23.5 Å². The summed E-state index contributed by atoms with van der Waals surface area (Å²) in [6.45, 7) is 2.85. The molecule has 0 aliphatic heterocycles. The van der Waals surface area contributed by atoms with Crippen LogP contribution < -0.4 is 20.5 Å². The maximum absolute atomic E-state index is 11.7. The summed E-state index contributed by atoms with van der Waals surface area (Å²) in [4.78, 5) is 11.7. The van der Waals surface area contributed by atoms with Crippen molar-refractivity contribution in [3.8, 4) is 11.5 Å². The van der Waals surface area contributed by atoms with E-state index in [1.807, 2.05) is 18.2 Å². The van der Waals surface area contributed by atoms with E-state index in [1.165, 1.54) is 26.1 Å². The molecule has 7 nitrogen and oxygen atoms in total. The fraction of sp³-hybridized carbons (Fsp3) is 0.421. The first kappa shape index (κ1) is 20.8. The van der Waals surface area contributed by atoms with Crippen LogP contribution >= 0.6 is 11.6 Å². The van der Waals surface area contributed by atoms with Gasteiger partial charge in [0.15, 0.2) is 11.5 Å². The van der Waals surface area contributed by atoms with Gasteiger partial charge in [0.05, 0.1) is 26.1 Å². The molecule has 0 saturated heterocycles. The highest BCUT2D eigenvalue weighted by Crippen LogP contribution is 2.28. The van der Waals surface area contributed by atoms with Crippen LogP contribution in [-0.4, -0.2) is 29.7 Å². The highest BCUT2D eigenvalue weighted by molar-refractivity contribution is 6.32. The number of methoxy groups -OCH3 is 1. The first-order valence-electron chi connectivity index (χ1n) is 8.88. The first-order chi connectivity index (χ1) is 13.1. The van der Waals surface area contributed by atoms with Gasteiger partial charge >= 0.3 is 0 Å². The Morgan fingerprint density at radius 2 is 2.11 bits per heavy atom. The molecule has 0 saturated carbocycles. The number of nitrogens with zero attached hydrogens (tertiary/aromatic N) is 3. The predicted molar refractivity (Wildman–Crippen MR) is 108 cm³/mol. The second-order valence-corrected chi connectivity index (χ2v) is 6.37. The number of hydrogen-bond acceptors (Lipinski definition) is 6. The van der Waals surface area contributed by atoms with Crippen molar-refractivity contribution in [2.24, 2.45) is 12.1 Å². The maximum atomic E-state index is 11.7. The van der Waals surface area contributed by atoms with Crippen LogP contribution in [0.4, 0.5) is 5.69 Å². The van der Waals surface area contributed by atoms with Gasteiger partial charge in [-0.2, -0.15) is 10.2 Å². The van der Waals surface area contributed by atoms with Crippen LogP contribution in [0.3, 0.4) is 0 Å². The summed E-state index contributed by atoms with van der Waals surface area (Å²) in [5, 5.41) is 8.03. The van der Waals surface area contributed by atoms with Gasteiger partial charge in [-0.15, -0.1) is 0 Å². The van der Waals surface area contributed by atoms with Crippen molar-refractivity contribution in [3.63, 3.8) is 0 Å². The molecule has 0 aliphatic rings. The van der Waals surface area contributed by atoms with E-state index in [1.54, 1.807) is 13.3 Å². The van der Waals surface area contributed by atoms with Gasteiger partial charge in [-0.3, -0.25) is 10.2 Å². The molecule has 0 fully saturated rings. The van der Waals surface area contributed by atoms with E-state index in [2.05, 4.69) is 22.5 Å². The SMILES string of the molecule is CCCCCCOc1ccc(/C=N\Nc2cnn(C)c(=O)c2Cl)cc1OC. The van der Waals surface area contributed by atoms with E-state index in [0.717, 1.165) is 23.1 Å². The largest absolute Gasteiger partial charge is 0.493 e. The maximum Gasteiger partial charge on any atom is 0.287 e. The third-order valence-corrected chi connectivity index (χ3v) is 4.29. The van der Waals surface area contributed by atoms with E-state index in [0.29, 0.717) is 23.8 Å². The fourth-order valence-corrected chi connectivity index (χ4v) is 2.57.